The summed E-state index contributed by atoms with van der Waals surface area (Å²) in [7, 11) is 1.58. The van der Waals surface area contributed by atoms with Crippen LogP contribution in [0.1, 0.15) is 29.9 Å². The highest BCUT2D eigenvalue weighted by molar-refractivity contribution is 7.59. The molecule has 0 amide bonds. The fourth-order valence-electron chi connectivity index (χ4n) is 6.26. The van der Waals surface area contributed by atoms with Gasteiger partial charge in [-0.3, -0.25) is 4.90 Å². The third-order valence-corrected chi connectivity index (χ3v) is 8.34. The second-order valence-electron chi connectivity index (χ2n) is 10.5. The van der Waals surface area contributed by atoms with Crippen molar-refractivity contribution in [2.24, 2.45) is 0 Å². The highest BCUT2D eigenvalue weighted by Crippen LogP contribution is 2.37. The van der Waals surface area contributed by atoms with Crippen LogP contribution in [0.2, 0.25) is 0 Å². The van der Waals surface area contributed by atoms with Crippen LogP contribution in [-0.2, 0) is 9.47 Å². The number of ether oxygens (including phenoxy) is 3. The maximum Gasteiger partial charge on any atom is 0.320 e. The molecule has 2 aromatic heterocycles. The van der Waals surface area contributed by atoms with E-state index in [2.05, 4.69) is 43.9 Å². The second-order valence-corrected chi connectivity index (χ2v) is 10.5. The van der Waals surface area contributed by atoms with Gasteiger partial charge in [0.2, 0.25) is 0 Å². The number of fused-ring (bicyclic) bond motifs is 3. The van der Waals surface area contributed by atoms with Crippen LogP contribution in [0.3, 0.4) is 0 Å². The van der Waals surface area contributed by atoms with Gasteiger partial charge < -0.3 is 19.1 Å². The lowest BCUT2D eigenvalue weighted by Gasteiger charge is -2.43. The molecule has 0 spiro atoms. The van der Waals surface area contributed by atoms with E-state index in [4.69, 9.17) is 14.2 Å². The van der Waals surface area contributed by atoms with E-state index in [1.807, 2.05) is 16.9 Å². The van der Waals surface area contributed by atoms with Crippen molar-refractivity contribution in [3.8, 4) is 11.8 Å². The molecular formula is C26H35FN6O3S2. The molecule has 2 bridgehead atoms. The van der Waals surface area contributed by atoms with Crippen LogP contribution < -0.4 is 9.64 Å². The topological polar surface area (TPSA) is 77.8 Å². The van der Waals surface area contributed by atoms with Gasteiger partial charge in [-0.15, -0.1) is 0 Å². The number of alkyl halides is 1. The molecule has 0 radical (unpaired) electrons. The first-order valence-corrected chi connectivity index (χ1v) is 12.8. The van der Waals surface area contributed by atoms with E-state index in [1.54, 1.807) is 7.11 Å². The average molecular weight is 563 g/mol. The molecule has 0 N–H and O–H groups in total. The molecule has 6 heterocycles. The zero-order chi connectivity index (χ0) is 24.4. The lowest BCUT2D eigenvalue weighted by atomic mass is 9.84. The van der Waals surface area contributed by atoms with E-state index >= 15 is 4.39 Å². The predicted molar refractivity (Wildman–Crippen MR) is 153 cm³/mol. The molecule has 4 aliphatic rings. The Morgan fingerprint density at radius 2 is 1.84 bits per heavy atom. The monoisotopic (exact) mass is 562 g/mol. The summed E-state index contributed by atoms with van der Waals surface area (Å²) in [6.07, 6.45) is 3.01. The molecule has 206 valence electrons. The van der Waals surface area contributed by atoms with Gasteiger partial charge in [0.25, 0.3) is 0 Å². The number of halogens is 1. The number of nitrogens with zero attached hydrogens (tertiary/aromatic N) is 6. The van der Waals surface area contributed by atoms with Crippen molar-refractivity contribution in [1.29, 1.82) is 0 Å². The first kappa shape index (κ1) is 27.4. The number of methoxy groups -OCH3 is 1. The lowest BCUT2D eigenvalue weighted by Crippen LogP contribution is -2.54. The fourth-order valence-corrected chi connectivity index (χ4v) is 6.26. The summed E-state index contributed by atoms with van der Waals surface area (Å²) < 4.78 is 33.8. The van der Waals surface area contributed by atoms with Crippen molar-refractivity contribution in [2.45, 2.75) is 50.0 Å². The summed E-state index contributed by atoms with van der Waals surface area (Å²) in [4.78, 5) is 13.8. The minimum atomic E-state index is -0.912. The van der Waals surface area contributed by atoms with Crippen molar-refractivity contribution >= 4 is 43.7 Å². The zero-order valence-corrected chi connectivity index (χ0v) is 23.6. The summed E-state index contributed by atoms with van der Waals surface area (Å²) in [5, 5.41) is 5.67. The smallest absolute Gasteiger partial charge is 0.320 e. The standard InChI is InChI=1S/C26H31FN6O3.2H2S/c1-15-5-16-9-28-33(23(16)7-21(15)20-3-4-31(11-22(20)27)18-12-35-13-18)25-8-24(29-26(30-25)34-2)32-10-19-6-17(32)14-36-19;;/h5,7-9,17-20,22H,3-4,6,10-14H2,1-2H3;2*1H2. The Hall–Kier alpha value is -2.12. The molecule has 0 saturated carbocycles. The SMILES string of the molecule is COc1nc(N2CC3CC2CO3)cc(-n2ncc3cc(C)c(C4CCN(C5COC5)CC4F)cc32)n1.S.S. The maximum atomic E-state index is 15.5. The summed E-state index contributed by atoms with van der Waals surface area (Å²) in [6, 6.07) is 7.18. The Balaban J connectivity index is 0.00000147. The van der Waals surface area contributed by atoms with Gasteiger partial charge >= 0.3 is 6.01 Å². The number of benzene rings is 1. The van der Waals surface area contributed by atoms with Gasteiger partial charge in [0.15, 0.2) is 5.82 Å². The normalized spacial score (nSPS) is 27.2. The van der Waals surface area contributed by atoms with Crippen molar-refractivity contribution < 1.29 is 18.6 Å². The van der Waals surface area contributed by atoms with E-state index in [0.717, 1.165) is 73.6 Å². The van der Waals surface area contributed by atoms with Crippen LogP contribution in [0.4, 0.5) is 10.2 Å². The summed E-state index contributed by atoms with van der Waals surface area (Å²) in [5.74, 6) is 1.33. The summed E-state index contributed by atoms with van der Waals surface area (Å²) in [6.45, 7) is 6.40. The van der Waals surface area contributed by atoms with Crippen molar-refractivity contribution in [3.05, 3.63) is 35.5 Å². The molecule has 12 heteroatoms. The van der Waals surface area contributed by atoms with Crippen molar-refractivity contribution in [1.82, 2.24) is 24.6 Å². The van der Waals surface area contributed by atoms with Crippen LogP contribution in [0.25, 0.3) is 16.7 Å². The molecule has 7 rings (SSSR count). The Kier molecular flexibility index (Phi) is 7.80. The molecule has 1 aromatic carbocycles. The zero-order valence-electron chi connectivity index (χ0n) is 21.6. The third kappa shape index (κ3) is 4.64. The van der Waals surface area contributed by atoms with Crippen LogP contribution in [0, 0.1) is 6.92 Å². The molecule has 0 aliphatic carbocycles. The fraction of sp³-hybridized carbons (Fsp3) is 0.577. The number of rotatable bonds is 5. The van der Waals surface area contributed by atoms with E-state index in [9.17, 15) is 0 Å². The third-order valence-electron chi connectivity index (χ3n) is 8.34. The Labute approximate surface area is 235 Å². The molecular weight excluding hydrogens is 527 g/mol. The average Bonchev–Trinajstić information content (AvgIpc) is 3.58. The molecule has 3 aromatic rings. The molecule has 38 heavy (non-hydrogen) atoms. The Morgan fingerprint density at radius 3 is 2.50 bits per heavy atom. The number of likely N-dealkylation sites (tertiary alicyclic amines) is 1. The highest BCUT2D eigenvalue weighted by Gasteiger charge is 2.40. The number of morpholine rings is 1. The number of hydrogen-bond acceptors (Lipinski definition) is 8. The van der Waals surface area contributed by atoms with E-state index in [-0.39, 0.29) is 39.0 Å². The molecule has 4 atom stereocenters. The first-order chi connectivity index (χ1) is 17.6. The highest BCUT2D eigenvalue weighted by atomic mass is 32.1. The van der Waals surface area contributed by atoms with Gasteiger partial charge in [0.1, 0.15) is 12.0 Å². The number of piperidine rings is 1. The van der Waals surface area contributed by atoms with Crippen LogP contribution in [0.15, 0.2) is 24.4 Å². The van der Waals surface area contributed by atoms with Crippen LogP contribution in [-0.4, -0.2) is 95.6 Å². The van der Waals surface area contributed by atoms with Crippen molar-refractivity contribution in [2.75, 3.05) is 51.5 Å². The van der Waals surface area contributed by atoms with Crippen LogP contribution in [0.5, 0.6) is 6.01 Å². The van der Waals surface area contributed by atoms with Crippen molar-refractivity contribution in [3.63, 3.8) is 0 Å². The van der Waals surface area contributed by atoms with Gasteiger partial charge in [-0.1, -0.05) is 0 Å². The Morgan fingerprint density at radius 1 is 1.03 bits per heavy atom. The minimum Gasteiger partial charge on any atom is -0.467 e. The lowest BCUT2D eigenvalue weighted by molar-refractivity contribution is -0.0807. The van der Waals surface area contributed by atoms with E-state index < -0.39 is 6.17 Å². The Bertz CT molecular complexity index is 1310. The van der Waals surface area contributed by atoms with E-state index in [0.29, 0.717) is 30.5 Å². The largest absolute Gasteiger partial charge is 0.467 e. The number of anilines is 1. The van der Waals surface area contributed by atoms with Gasteiger partial charge in [0, 0.05) is 30.5 Å². The maximum absolute atomic E-state index is 15.5. The minimum absolute atomic E-state index is 0. The van der Waals surface area contributed by atoms with E-state index in [1.165, 1.54) is 0 Å². The molecule has 4 aliphatic heterocycles. The van der Waals surface area contributed by atoms with Gasteiger partial charge in [0.05, 0.1) is 56.8 Å². The van der Waals surface area contributed by atoms with Crippen LogP contribution >= 0.6 is 27.0 Å². The molecule has 4 saturated heterocycles. The number of aryl methyl sites for hydroxylation is 1. The molecule has 4 fully saturated rings. The van der Waals surface area contributed by atoms with Gasteiger partial charge in [-0.25, -0.2) is 9.07 Å². The first-order valence-electron chi connectivity index (χ1n) is 12.8. The molecule has 9 nitrogen and oxygen atoms in total. The summed E-state index contributed by atoms with van der Waals surface area (Å²) >= 11 is 0. The van der Waals surface area contributed by atoms with Gasteiger partial charge in [-0.05, 0) is 49.6 Å². The molecule has 4 unspecified atom stereocenters. The number of hydrogen-bond donors (Lipinski definition) is 0. The van der Waals surface area contributed by atoms with Gasteiger partial charge in [-0.2, -0.15) is 42.1 Å². The predicted octanol–water partition coefficient (Wildman–Crippen LogP) is 2.86. The second kappa shape index (κ2) is 10.8. The number of aromatic nitrogens is 4. The quantitative estimate of drug-likeness (QED) is 0.470. The summed E-state index contributed by atoms with van der Waals surface area (Å²) in [5.41, 5.74) is 3.07.